The van der Waals surface area contributed by atoms with Crippen LogP contribution in [0.15, 0.2) is 41.1 Å². The summed E-state index contributed by atoms with van der Waals surface area (Å²) in [5.41, 5.74) is 6.22. The maximum absolute atomic E-state index is 12.8. The summed E-state index contributed by atoms with van der Waals surface area (Å²) in [6.45, 7) is 0.339. The summed E-state index contributed by atoms with van der Waals surface area (Å²) in [6, 6.07) is 6.01. The molecule has 3 rings (SSSR count). The molecule has 0 unspecified atom stereocenters. The molecular weight excluding hydrogens is 249 g/mol. The molecule has 0 bridgehead atoms. The molecule has 0 aliphatic carbocycles. The van der Waals surface area contributed by atoms with Gasteiger partial charge in [-0.25, -0.2) is 14.1 Å². The summed E-state index contributed by atoms with van der Waals surface area (Å²) in [5, 5.41) is 7.46. The van der Waals surface area contributed by atoms with E-state index in [4.69, 9.17) is 10.2 Å². The minimum absolute atomic E-state index is 0.290. The van der Waals surface area contributed by atoms with E-state index in [2.05, 4.69) is 15.3 Å². The van der Waals surface area contributed by atoms with Crippen molar-refractivity contribution in [2.75, 3.05) is 5.73 Å². The molecule has 0 atom stereocenters. The summed E-state index contributed by atoms with van der Waals surface area (Å²) >= 11 is 0. The van der Waals surface area contributed by atoms with Crippen LogP contribution in [0.25, 0.3) is 11.3 Å². The highest BCUT2D eigenvalue weighted by atomic mass is 19.1. The van der Waals surface area contributed by atoms with Crippen molar-refractivity contribution in [2.24, 2.45) is 0 Å². The Kier molecular flexibility index (Phi) is 2.71. The van der Waals surface area contributed by atoms with Gasteiger partial charge in [0.05, 0.1) is 12.4 Å². The van der Waals surface area contributed by atoms with Gasteiger partial charge < -0.3 is 10.2 Å². The largest absolute Gasteiger partial charge is 0.439 e. The normalized spacial score (nSPS) is 10.8. The first-order chi connectivity index (χ1) is 9.20. The second kappa shape index (κ2) is 4.52. The number of nitrogen functional groups attached to an aromatic ring is 1. The number of anilines is 1. The van der Waals surface area contributed by atoms with Gasteiger partial charge in [-0.1, -0.05) is 5.21 Å². The smallest absolute Gasteiger partial charge is 0.216 e. The van der Waals surface area contributed by atoms with Gasteiger partial charge >= 0.3 is 0 Å². The van der Waals surface area contributed by atoms with Crippen LogP contribution >= 0.6 is 0 Å². The molecule has 0 aliphatic heterocycles. The highest BCUT2D eigenvalue weighted by Crippen LogP contribution is 2.20. The van der Waals surface area contributed by atoms with Gasteiger partial charge in [-0.2, -0.15) is 0 Å². The van der Waals surface area contributed by atoms with E-state index in [1.807, 2.05) is 0 Å². The third-order valence-corrected chi connectivity index (χ3v) is 2.54. The van der Waals surface area contributed by atoms with Crippen molar-refractivity contribution in [3.05, 3.63) is 48.4 Å². The molecular formula is C12H10FN5O. The number of aromatic nitrogens is 4. The Hall–Kier alpha value is -2.70. The molecule has 2 N–H and O–H groups in total. The number of hydrogen-bond donors (Lipinski definition) is 1. The van der Waals surface area contributed by atoms with Crippen LogP contribution < -0.4 is 5.73 Å². The molecule has 0 aliphatic rings. The molecule has 1 aromatic carbocycles. The number of halogens is 1. The van der Waals surface area contributed by atoms with Gasteiger partial charge in [0.1, 0.15) is 12.4 Å². The van der Waals surface area contributed by atoms with Crippen molar-refractivity contribution in [2.45, 2.75) is 6.54 Å². The van der Waals surface area contributed by atoms with E-state index in [0.717, 1.165) is 5.56 Å². The van der Waals surface area contributed by atoms with E-state index >= 15 is 0 Å². The third-order valence-electron chi connectivity index (χ3n) is 2.54. The second-order valence-electron chi connectivity index (χ2n) is 3.97. The molecule has 0 radical (unpaired) electrons. The van der Waals surface area contributed by atoms with Crippen molar-refractivity contribution in [3.8, 4) is 11.3 Å². The van der Waals surface area contributed by atoms with E-state index in [0.29, 0.717) is 24.0 Å². The predicted molar refractivity (Wildman–Crippen MR) is 65.4 cm³/mol. The maximum Gasteiger partial charge on any atom is 0.216 e. The zero-order valence-electron chi connectivity index (χ0n) is 9.82. The quantitative estimate of drug-likeness (QED) is 0.774. The van der Waals surface area contributed by atoms with Gasteiger partial charge in [0.25, 0.3) is 0 Å². The molecule has 0 fully saturated rings. The maximum atomic E-state index is 12.8. The van der Waals surface area contributed by atoms with E-state index in [1.54, 1.807) is 24.5 Å². The Morgan fingerprint density at radius 1 is 1.26 bits per heavy atom. The average Bonchev–Trinajstić information content (AvgIpc) is 3.00. The van der Waals surface area contributed by atoms with Crippen molar-refractivity contribution >= 4 is 5.82 Å². The minimum Gasteiger partial charge on any atom is -0.439 e. The summed E-state index contributed by atoms with van der Waals surface area (Å²) in [4.78, 5) is 4.13. The lowest BCUT2D eigenvalue weighted by molar-refractivity contribution is 0.469. The summed E-state index contributed by atoms with van der Waals surface area (Å²) in [7, 11) is 0. The van der Waals surface area contributed by atoms with Crippen LogP contribution in [0.4, 0.5) is 10.2 Å². The lowest BCUT2D eigenvalue weighted by Crippen LogP contribution is -2.00. The number of rotatable bonds is 3. The topological polar surface area (TPSA) is 82.8 Å². The molecule has 0 spiro atoms. The van der Waals surface area contributed by atoms with Gasteiger partial charge in [-0.3, -0.25) is 0 Å². The Morgan fingerprint density at radius 2 is 2.05 bits per heavy atom. The molecule has 0 saturated heterocycles. The number of oxazole rings is 1. The fourth-order valence-electron chi connectivity index (χ4n) is 1.66. The van der Waals surface area contributed by atoms with Crippen LogP contribution in [0.5, 0.6) is 0 Å². The van der Waals surface area contributed by atoms with E-state index in [-0.39, 0.29) is 5.82 Å². The van der Waals surface area contributed by atoms with Gasteiger partial charge in [0.2, 0.25) is 5.89 Å². The molecule has 3 aromatic rings. The Labute approximate surface area is 107 Å². The SMILES string of the molecule is Nc1cn(Cc2ncc(-c3ccc(F)cc3)o2)nn1. The predicted octanol–water partition coefficient (Wildman–Crippen LogP) is 1.70. The molecule has 6 nitrogen and oxygen atoms in total. The first-order valence-corrected chi connectivity index (χ1v) is 5.57. The monoisotopic (exact) mass is 259 g/mol. The van der Waals surface area contributed by atoms with Crippen LogP contribution in [0.1, 0.15) is 5.89 Å². The van der Waals surface area contributed by atoms with Crippen LogP contribution in [0.2, 0.25) is 0 Å². The Morgan fingerprint density at radius 3 is 2.74 bits per heavy atom. The Bertz CT molecular complexity index is 688. The fraction of sp³-hybridized carbons (Fsp3) is 0.0833. The van der Waals surface area contributed by atoms with Crippen molar-refractivity contribution < 1.29 is 8.81 Å². The molecule has 0 saturated carbocycles. The average molecular weight is 259 g/mol. The second-order valence-corrected chi connectivity index (χ2v) is 3.97. The highest BCUT2D eigenvalue weighted by molar-refractivity contribution is 5.55. The minimum atomic E-state index is -0.290. The number of nitrogens with two attached hydrogens (primary N) is 1. The molecule has 7 heteroatoms. The van der Waals surface area contributed by atoms with E-state index < -0.39 is 0 Å². The fourth-order valence-corrected chi connectivity index (χ4v) is 1.66. The molecule has 0 amide bonds. The molecule has 19 heavy (non-hydrogen) atoms. The zero-order valence-corrected chi connectivity index (χ0v) is 9.82. The van der Waals surface area contributed by atoms with Crippen molar-refractivity contribution in [3.63, 3.8) is 0 Å². The highest BCUT2D eigenvalue weighted by Gasteiger charge is 2.08. The zero-order chi connectivity index (χ0) is 13.2. The van der Waals surface area contributed by atoms with Gasteiger partial charge in [0, 0.05) is 5.56 Å². The molecule has 96 valence electrons. The molecule has 2 heterocycles. The Balaban J connectivity index is 1.81. The third kappa shape index (κ3) is 2.44. The van der Waals surface area contributed by atoms with Crippen LogP contribution in [-0.4, -0.2) is 20.0 Å². The number of hydrogen-bond acceptors (Lipinski definition) is 5. The van der Waals surface area contributed by atoms with Gasteiger partial charge in [-0.15, -0.1) is 5.10 Å². The number of benzene rings is 1. The first-order valence-electron chi connectivity index (χ1n) is 5.57. The first kappa shape index (κ1) is 11.4. The van der Waals surface area contributed by atoms with E-state index in [9.17, 15) is 4.39 Å². The summed E-state index contributed by atoms with van der Waals surface area (Å²) < 4.78 is 19.9. The number of nitrogens with zero attached hydrogens (tertiary/aromatic N) is 4. The van der Waals surface area contributed by atoms with Crippen LogP contribution in [0.3, 0.4) is 0 Å². The standard InChI is InChI=1S/C12H10FN5O/c13-9-3-1-8(2-4-9)10-5-15-12(19-10)7-18-6-11(14)16-17-18/h1-6H,7,14H2. The van der Waals surface area contributed by atoms with Gasteiger partial charge in [0.15, 0.2) is 11.6 Å². The van der Waals surface area contributed by atoms with Crippen molar-refractivity contribution in [1.29, 1.82) is 0 Å². The molecule has 2 aromatic heterocycles. The lowest BCUT2D eigenvalue weighted by Gasteiger charge is -1.96. The summed E-state index contributed by atoms with van der Waals surface area (Å²) in [5.74, 6) is 1.10. The van der Waals surface area contributed by atoms with Crippen LogP contribution in [0, 0.1) is 5.82 Å². The van der Waals surface area contributed by atoms with E-state index in [1.165, 1.54) is 16.8 Å². The van der Waals surface area contributed by atoms with Crippen LogP contribution in [-0.2, 0) is 6.54 Å². The van der Waals surface area contributed by atoms with Gasteiger partial charge in [-0.05, 0) is 24.3 Å². The lowest BCUT2D eigenvalue weighted by atomic mass is 10.2. The van der Waals surface area contributed by atoms with Crippen molar-refractivity contribution in [1.82, 2.24) is 20.0 Å². The summed E-state index contributed by atoms with van der Waals surface area (Å²) in [6.07, 6.45) is 3.17.